The monoisotopic (exact) mass is 358 g/mol. The lowest BCUT2D eigenvalue weighted by atomic mass is 10.0. The zero-order valence-electron chi connectivity index (χ0n) is 14.5. The molecule has 0 atom stereocenters. The van der Waals surface area contributed by atoms with Gasteiger partial charge in [-0.05, 0) is 37.5 Å². The molecule has 25 heavy (non-hydrogen) atoms. The molecule has 1 N–H and O–H groups in total. The number of aryl methyl sites for hydroxylation is 1. The van der Waals surface area contributed by atoms with Gasteiger partial charge in [-0.1, -0.05) is 30.5 Å². The number of hydrogen-bond acceptors (Lipinski definition) is 2. The van der Waals surface area contributed by atoms with Crippen LogP contribution < -0.4 is 5.32 Å². The van der Waals surface area contributed by atoms with Gasteiger partial charge in [0.1, 0.15) is 0 Å². The van der Waals surface area contributed by atoms with Gasteiger partial charge < -0.3 is 14.8 Å². The Hall–Kier alpha value is -2.01. The minimum absolute atomic E-state index is 0.0789. The van der Waals surface area contributed by atoms with Crippen LogP contribution in [-0.2, 0) is 13.1 Å². The van der Waals surface area contributed by atoms with Crippen molar-refractivity contribution in [3.05, 3.63) is 46.5 Å². The van der Waals surface area contributed by atoms with E-state index in [1.165, 1.54) is 37.1 Å². The maximum atomic E-state index is 12.7. The molecule has 4 rings (SSSR count). The summed E-state index contributed by atoms with van der Waals surface area (Å²) in [4.78, 5) is 19.2. The van der Waals surface area contributed by atoms with Gasteiger partial charge in [0.25, 0.3) is 0 Å². The molecule has 5 nitrogen and oxygen atoms in total. The van der Waals surface area contributed by atoms with E-state index in [2.05, 4.69) is 14.9 Å². The second kappa shape index (κ2) is 6.71. The number of halogens is 1. The Bertz CT molecular complexity index is 795. The van der Waals surface area contributed by atoms with Gasteiger partial charge in [-0.2, -0.15) is 0 Å². The number of rotatable bonds is 2. The van der Waals surface area contributed by atoms with Crippen molar-refractivity contribution in [3.8, 4) is 0 Å². The normalized spacial score (nSPS) is 17.6. The van der Waals surface area contributed by atoms with Crippen molar-refractivity contribution < 1.29 is 4.79 Å². The minimum atomic E-state index is -0.0789. The van der Waals surface area contributed by atoms with Gasteiger partial charge >= 0.3 is 6.03 Å². The van der Waals surface area contributed by atoms with Crippen molar-refractivity contribution in [1.29, 1.82) is 0 Å². The van der Waals surface area contributed by atoms with Crippen LogP contribution in [0.15, 0.2) is 24.5 Å². The number of imidazole rings is 1. The largest absolute Gasteiger partial charge is 0.331 e. The summed E-state index contributed by atoms with van der Waals surface area (Å²) in [5, 5.41) is 3.63. The van der Waals surface area contributed by atoms with Gasteiger partial charge in [-0.3, -0.25) is 0 Å². The van der Waals surface area contributed by atoms with Crippen molar-refractivity contribution in [1.82, 2.24) is 14.5 Å². The predicted molar refractivity (Wildman–Crippen MR) is 99.1 cm³/mol. The van der Waals surface area contributed by atoms with Gasteiger partial charge in [0.15, 0.2) is 0 Å². The molecular formula is C19H23ClN4O. The van der Waals surface area contributed by atoms with E-state index in [4.69, 9.17) is 11.6 Å². The third kappa shape index (κ3) is 3.25. The first kappa shape index (κ1) is 16.5. The fourth-order valence-corrected chi connectivity index (χ4v) is 4.04. The summed E-state index contributed by atoms with van der Waals surface area (Å²) >= 11 is 6.15. The molecule has 2 heterocycles. The number of carbonyl (C=O) groups excluding carboxylic acids is 1. The van der Waals surface area contributed by atoms with E-state index in [9.17, 15) is 4.79 Å². The number of fused-ring (bicyclic) bond motifs is 1. The molecule has 2 amide bonds. The van der Waals surface area contributed by atoms with E-state index in [1.54, 1.807) is 6.07 Å². The Morgan fingerprint density at radius 1 is 1.28 bits per heavy atom. The summed E-state index contributed by atoms with van der Waals surface area (Å²) in [6.07, 6.45) is 6.96. The number of amides is 2. The number of nitrogens with one attached hydrogen (secondary N) is 1. The quantitative estimate of drug-likeness (QED) is 0.856. The summed E-state index contributed by atoms with van der Waals surface area (Å²) in [6.45, 7) is 4.07. The maximum absolute atomic E-state index is 12.7. The Balaban J connectivity index is 1.48. The number of aromatic nitrogens is 2. The minimum Gasteiger partial charge on any atom is -0.331 e. The molecule has 6 heteroatoms. The Morgan fingerprint density at radius 3 is 2.84 bits per heavy atom. The Kier molecular flexibility index (Phi) is 4.42. The standard InChI is InChI=1S/C19H23ClN4O/c1-13-6-7-15(10-16(13)20)22-19(25)23-8-9-24-12-21-18(17(24)11-23)14-4-2-3-5-14/h6-7,10,12,14H,2-5,8-9,11H2,1H3,(H,22,25). The molecule has 0 bridgehead atoms. The van der Waals surface area contributed by atoms with E-state index in [-0.39, 0.29) is 6.03 Å². The molecule has 1 saturated carbocycles. The number of benzene rings is 1. The van der Waals surface area contributed by atoms with Gasteiger partial charge in [0.2, 0.25) is 0 Å². The van der Waals surface area contributed by atoms with Crippen LogP contribution in [0.2, 0.25) is 5.02 Å². The highest BCUT2D eigenvalue weighted by molar-refractivity contribution is 6.31. The average molecular weight is 359 g/mol. The highest BCUT2D eigenvalue weighted by Crippen LogP contribution is 2.36. The van der Waals surface area contributed by atoms with E-state index in [0.717, 1.165) is 17.8 Å². The van der Waals surface area contributed by atoms with Crippen LogP contribution >= 0.6 is 11.6 Å². The van der Waals surface area contributed by atoms with Crippen LogP contribution in [0.1, 0.15) is 48.6 Å². The second-order valence-electron chi connectivity index (χ2n) is 7.07. The molecule has 0 unspecified atom stereocenters. The smallest absolute Gasteiger partial charge is 0.322 e. The van der Waals surface area contributed by atoms with Crippen LogP contribution in [-0.4, -0.2) is 27.0 Å². The highest BCUT2D eigenvalue weighted by atomic mass is 35.5. The van der Waals surface area contributed by atoms with Crippen molar-refractivity contribution in [2.24, 2.45) is 0 Å². The zero-order chi connectivity index (χ0) is 17.4. The molecule has 1 aromatic heterocycles. The van der Waals surface area contributed by atoms with Crippen LogP contribution in [0.25, 0.3) is 0 Å². The molecular weight excluding hydrogens is 336 g/mol. The van der Waals surface area contributed by atoms with Crippen LogP contribution in [0.5, 0.6) is 0 Å². The summed E-state index contributed by atoms with van der Waals surface area (Å²) in [6, 6.07) is 5.52. The van der Waals surface area contributed by atoms with Gasteiger partial charge in [-0.15, -0.1) is 0 Å². The lowest BCUT2D eigenvalue weighted by Crippen LogP contribution is -2.40. The third-order valence-electron chi connectivity index (χ3n) is 5.38. The molecule has 1 aliphatic carbocycles. The summed E-state index contributed by atoms with van der Waals surface area (Å²) < 4.78 is 2.21. The first-order chi connectivity index (χ1) is 12.1. The van der Waals surface area contributed by atoms with E-state index in [0.29, 0.717) is 24.0 Å². The SMILES string of the molecule is Cc1ccc(NC(=O)N2CCn3cnc(C4CCCC4)c3C2)cc1Cl. The van der Waals surface area contributed by atoms with Crippen molar-refractivity contribution in [2.75, 3.05) is 11.9 Å². The van der Waals surface area contributed by atoms with Crippen molar-refractivity contribution >= 4 is 23.3 Å². The predicted octanol–water partition coefficient (Wildman–Crippen LogP) is 4.55. The molecule has 1 aromatic carbocycles. The van der Waals surface area contributed by atoms with Crippen LogP contribution in [0.3, 0.4) is 0 Å². The molecule has 0 saturated heterocycles. The van der Waals surface area contributed by atoms with Crippen molar-refractivity contribution in [3.63, 3.8) is 0 Å². The summed E-state index contributed by atoms with van der Waals surface area (Å²) in [5.41, 5.74) is 4.14. The van der Waals surface area contributed by atoms with Crippen LogP contribution in [0, 0.1) is 6.92 Å². The molecule has 2 aromatic rings. The molecule has 132 valence electrons. The number of hydrogen-bond donors (Lipinski definition) is 1. The first-order valence-electron chi connectivity index (χ1n) is 8.98. The fraction of sp³-hybridized carbons (Fsp3) is 0.474. The molecule has 0 radical (unpaired) electrons. The first-order valence-corrected chi connectivity index (χ1v) is 9.35. The summed E-state index contributed by atoms with van der Waals surface area (Å²) in [7, 11) is 0. The molecule has 1 fully saturated rings. The van der Waals surface area contributed by atoms with Gasteiger partial charge in [0.05, 0.1) is 24.3 Å². The lowest BCUT2D eigenvalue weighted by Gasteiger charge is -2.29. The molecule has 2 aliphatic rings. The lowest BCUT2D eigenvalue weighted by molar-refractivity contribution is 0.196. The number of anilines is 1. The van der Waals surface area contributed by atoms with Gasteiger partial charge in [-0.25, -0.2) is 9.78 Å². The number of urea groups is 1. The summed E-state index contributed by atoms with van der Waals surface area (Å²) in [5.74, 6) is 0.565. The van der Waals surface area contributed by atoms with E-state index >= 15 is 0 Å². The number of carbonyl (C=O) groups is 1. The maximum Gasteiger partial charge on any atom is 0.322 e. The Labute approximate surface area is 153 Å². The average Bonchev–Trinajstić information content (AvgIpc) is 3.26. The third-order valence-corrected chi connectivity index (χ3v) is 5.79. The fourth-order valence-electron chi connectivity index (χ4n) is 3.86. The van der Waals surface area contributed by atoms with Crippen molar-refractivity contribution in [2.45, 2.75) is 51.6 Å². The topological polar surface area (TPSA) is 50.2 Å². The number of nitrogens with zero attached hydrogens (tertiary/aromatic N) is 3. The molecule has 0 spiro atoms. The van der Waals surface area contributed by atoms with Crippen LogP contribution in [0.4, 0.5) is 10.5 Å². The van der Waals surface area contributed by atoms with E-state index < -0.39 is 0 Å². The van der Waals surface area contributed by atoms with Gasteiger partial charge in [0, 0.05) is 29.7 Å². The molecule has 1 aliphatic heterocycles. The second-order valence-corrected chi connectivity index (χ2v) is 7.47. The van der Waals surface area contributed by atoms with E-state index in [1.807, 2.05) is 30.3 Å². The Morgan fingerprint density at radius 2 is 2.08 bits per heavy atom. The zero-order valence-corrected chi connectivity index (χ0v) is 15.2. The highest BCUT2D eigenvalue weighted by Gasteiger charge is 2.28.